The first-order chi connectivity index (χ1) is 53.3. The third kappa shape index (κ3) is 17.7. The molecule has 0 N–H and O–H groups in total. The van der Waals surface area contributed by atoms with Gasteiger partial charge >= 0.3 is 31.1 Å². The molecule has 5 aromatic carbocycles. The summed E-state index contributed by atoms with van der Waals surface area (Å²) in [6, 6.07) is 37.2. The summed E-state index contributed by atoms with van der Waals surface area (Å²) in [6.07, 6.45) is 22.7. The molecular formula is C86H102F6N6O10S4. The van der Waals surface area contributed by atoms with Crippen molar-refractivity contribution in [3.05, 3.63) is 248 Å². The van der Waals surface area contributed by atoms with Crippen LogP contribution in [0, 0.1) is 0 Å². The minimum absolute atomic E-state index is 0.0699. The fourth-order valence-corrected chi connectivity index (χ4v) is 19.9. The monoisotopic (exact) mass is 1620 g/mol. The van der Waals surface area contributed by atoms with Gasteiger partial charge in [0.25, 0.3) is 0 Å². The predicted octanol–water partition coefficient (Wildman–Crippen LogP) is 19.0. The van der Waals surface area contributed by atoms with Crippen molar-refractivity contribution >= 4 is 78.3 Å². The van der Waals surface area contributed by atoms with Crippen molar-refractivity contribution in [2.45, 2.75) is 205 Å². The number of hydrogen-bond donors (Lipinski definition) is 0. The molecular weight excluding hydrogens is 1520 g/mol. The van der Waals surface area contributed by atoms with Gasteiger partial charge in [0.2, 0.25) is 11.4 Å². The summed E-state index contributed by atoms with van der Waals surface area (Å²) in [5, 5.41) is 28.2. The molecule has 0 aromatic heterocycles. The maximum absolute atomic E-state index is 16.1. The van der Waals surface area contributed by atoms with Gasteiger partial charge < -0.3 is 30.1 Å². The van der Waals surface area contributed by atoms with E-state index in [1.54, 1.807) is 24.3 Å². The maximum atomic E-state index is 16.1. The summed E-state index contributed by atoms with van der Waals surface area (Å²) in [7, 11) is -12.7. The summed E-state index contributed by atoms with van der Waals surface area (Å²) in [6.45, 7) is 21.0. The first kappa shape index (κ1) is 85.4. The lowest BCUT2D eigenvalue weighted by Gasteiger charge is -2.27. The van der Waals surface area contributed by atoms with E-state index in [1.165, 1.54) is 24.3 Å². The molecule has 2 fully saturated rings. The van der Waals surface area contributed by atoms with Gasteiger partial charge in [-0.1, -0.05) is 210 Å². The van der Waals surface area contributed by atoms with E-state index in [0.29, 0.717) is 71.3 Å². The van der Waals surface area contributed by atoms with E-state index in [4.69, 9.17) is 0 Å². The van der Waals surface area contributed by atoms with Crippen LogP contribution >= 0.6 is 24.1 Å². The normalized spacial score (nSPS) is 21.7. The summed E-state index contributed by atoms with van der Waals surface area (Å²) < 4.78 is 166. The number of unbranched alkanes of at least 4 members (excludes halogenated alkanes) is 6. The quantitative estimate of drug-likeness (QED) is 0.00994. The van der Waals surface area contributed by atoms with Crippen LogP contribution in [-0.2, 0) is 73.5 Å². The Balaban J connectivity index is 1.10. The largest absolute Gasteiger partial charge is 0.691 e. The number of halogens is 6. The standard InChI is InChI=1S/C86H102F6N6O10S4/c1-11-13-23-52-93-71-36-19-15-32-67(71)81(3,4)75(93)48-44-63-40-42-65(46-50-77-83(7,8)69-34-17-21-38-73(69)95(77)54-25-27-56-109-107-105-99)79(63)97(111(101,102)85(87,88)89)59-61-30-29-31-62(58-61)60-98(112(103,104)86(90,91)92)80-64(45-49-76-82(5,6)68-33-16-20-37-72(68)94(76)53-24-14-12-2)41-43-66(80)47-51-78-84(9,10)70-35-18-22-39-74(70)96(78)55-26-28-57-110-108-106-100/h15-22,29-39,44-51,58H,11-14,23-28,40-43,52-57,59-60H2,1-10H3. The molecule has 2 saturated carbocycles. The fraction of sp³-hybridized carbons (Fsp3) is 0.442. The third-order valence-corrected chi connectivity index (χ3v) is 26.8. The molecule has 16 nitrogen and oxygen atoms in total. The number of para-hydroxylation sites is 4. The Morgan fingerprint density at radius 1 is 0.402 bits per heavy atom. The second-order valence-electron chi connectivity index (χ2n) is 31.3. The van der Waals surface area contributed by atoms with Crippen LogP contribution in [-0.4, -0.2) is 84.9 Å². The molecule has 0 amide bonds. The summed E-state index contributed by atoms with van der Waals surface area (Å²) in [5.74, 6) is 0.894. The van der Waals surface area contributed by atoms with E-state index in [0.717, 1.165) is 130 Å². The second kappa shape index (κ2) is 35.7. The topological polar surface area (TPSA) is 170 Å². The molecule has 0 saturated heterocycles. The summed E-state index contributed by atoms with van der Waals surface area (Å²) in [5.41, 5.74) is -2.61. The average molecular weight is 1620 g/mol. The minimum atomic E-state index is -6.36. The number of allylic oxidation sites excluding steroid dienone is 16. The van der Waals surface area contributed by atoms with Gasteiger partial charge in [-0.2, -0.15) is 51.8 Å². The molecule has 5 aromatic rings. The van der Waals surface area contributed by atoms with Gasteiger partial charge in [0, 0.05) is 162 Å². The number of benzene rings is 5. The molecule has 112 heavy (non-hydrogen) atoms. The zero-order chi connectivity index (χ0) is 80.6. The molecule has 4 heterocycles. The van der Waals surface area contributed by atoms with E-state index in [1.807, 2.05) is 137 Å². The molecule has 11 rings (SSSR count). The van der Waals surface area contributed by atoms with E-state index >= 15 is 26.3 Å². The Hall–Kier alpha value is -7.50. The lowest BCUT2D eigenvalue weighted by molar-refractivity contribution is -0.777. The Morgan fingerprint density at radius 3 is 0.929 bits per heavy atom. The number of rotatable bonds is 32. The number of fused-ring (bicyclic) bond motifs is 4. The molecule has 0 unspecified atom stereocenters. The number of nitrogens with zero attached hydrogens (tertiary/aromatic N) is 6. The molecule has 2 aliphatic carbocycles. The molecule has 0 bridgehead atoms. The molecule has 4 aliphatic heterocycles. The number of alkyl halides is 6. The van der Waals surface area contributed by atoms with Gasteiger partial charge in [-0.05, 0) is 141 Å². The highest BCUT2D eigenvalue weighted by atomic mass is 32.2. The van der Waals surface area contributed by atoms with Crippen molar-refractivity contribution in [1.82, 2.24) is 0 Å². The van der Waals surface area contributed by atoms with E-state index in [-0.39, 0.29) is 70.5 Å². The van der Waals surface area contributed by atoms with Gasteiger partial charge in [-0.15, -0.1) is 7.96 Å². The van der Waals surface area contributed by atoms with Crippen LogP contribution < -0.4 is 30.1 Å². The van der Waals surface area contributed by atoms with Crippen molar-refractivity contribution < 1.29 is 80.4 Å². The third-order valence-electron chi connectivity index (χ3n) is 22.7. The second-order valence-corrected chi connectivity index (χ2v) is 36.6. The predicted molar refractivity (Wildman–Crippen MR) is 431 cm³/mol. The van der Waals surface area contributed by atoms with Crippen molar-refractivity contribution in [2.24, 2.45) is 0 Å². The molecule has 602 valence electrons. The van der Waals surface area contributed by atoms with Crippen molar-refractivity contribution in [2.75, 3.05) is 57.3 Å². The molecule has 0 radical (unpaired) electrons. The molecule has 26 heteroatoms. The first-order valence-electron chi connectivity index (χ1n) is 38.6. The van der Waals surface area contributed by atoms with Gasteiger partial charge in [-0.3, -0.25) is 10.1 Å². The Bertz CT molecular complexity index is 4560. The van der Waals surface area contributed by atoms with Gasteiger partial charge in [0.05, 0.1) is 0 Å². The van der Waals surface area contributed by atoms with Crippen molar-refractivity contribution in [3.8, 4) is 0 Å². The smallest absolute Gasteiger partial charge is 0.560 e. The van der Waals surface area contributed by atoms with Crippen molar-refractivity contribution in [1.29, 1.82) is 0 Å². The highest BCUT2D eigenvalue weighted by Crippen LogP contribution is 2.53. The number of hydrogen-bond acceptors (Lipinski definition) is 16. The fourth-order valence-electron chi connectivity index (χ4n) is 16.9. The van der Waals surface area contributed by atoms with Crippen LogP contribution in [0.15, 0.2) is 215 Å². The Labute approximate surface area is 665 Å². The molecule has 0 spiro atoms. The average Bonchev–Trinajstić information content (AvgIpc) is 1.56. The lowest BCUT2D eigenvalue weighted by atomic mass is 9.83. The maximum Gasteiger partial charge on any atom is 0.560 e. The highest BCUT2D eigenvalue weighted by molar-refractivity contribution is 7.94. The zero-order valence-electron chi connectivity index (χ0n) is 65.4. The summed E-state index contributed by atoms with van der Waals surface area (Å²) in [4.78, 5) is 8.73. The van der Waals surface area contributed by atoms with Gasteiger partial charge in [0.15, 0.2) is 13.1 Å². The summed E-state index contributed by atoms with van der Waals surface area (Å²) >= 11 is 1.76. The van der Waals surface area contributed by atoms with Crippen LogP contribution in [0.2, 0.25) is 0 Å². The van der Waals surface area contributed by atoms with Crippen LogP contribution in [0.5, 0.6) is 0 Å². The zero-order valence-corrected chi connectivity index (χ0v) is 68.7. The van der Waals surface area contributed by atoms with Gasteiger partial charge in [-0.25, -0.2) is 0 Å². The van der Waals surface area contributed by atoms with E-state index in [9.17, 15) is 27.4 Å². The molecule has 0 atom stereocenters. The molecule has 6 aliphatic rings. The van der Waals surface area contributed by atoms with Crippen LogP contribution in [0.25, 0.3) is 0 Å². The number of anilines is 4. The van der Waals surface area contributed by atoms with Gasteiger partial charge in [0.1, 0.15) is 0 Å². The first-order valence-corrected chi connectivity index (χ1v) is 43.3. The lowest BCUT2D eigenvalue weighted by Crippen LogP contribution is -2.38. The SMILES string of the molecule is CCCCCN1/C(=C/C=C2\CCC(=C/C=C3/N(CCCCSOO[O-])c4ccccc4C3(C)C)\C2=[N+](/Cc2cccc(C/[N+](=C3C(=C/C=C4/N(CCCCC)c5ccccc5C4(C)C)/CCC/3=C\C=C3\N(CCCCSOO[O-])c4ccccc4C3(C)C)S(=O)(=O)C(F)(F)F)c2)S(=O)(=O)C(F)(F)F)C(C)(C)c2ccccc21. The van der Waals surface area contributed by atoms with Crippen molar-refractivity contribution in [3.63, 3.8) is 0 Å². The van der Waals surface area contributed by atoms with E-state index < -0.39 is 65.8 Å². The Kier molecular flexibility index (Phi) is 27.2. The van der Waals surface area contributed by atoms with Crippen LogP contribution in [0.1, 0.15) is 193 Å². The van der Waals surface area contributed by atoms with Crippen LogP contribution in [0.4, 0.5) is 49.1 Å². The number of sulfonamides is 2. The van der Waals surface area contributed by atoms with Crippen LogP contribution in [0.3, 0.4) is 0 Å². The minimum Gasteiger partial charge on any atom is -0.691 e. The highest BCUT2D eigenvalue weighted by Gasteiger charge is 2.59. The van der Waals surface area contributed by atoms with E-state index in [2.05, 4.69) is 92.0 Å². The Morgan fingerprint density at radius 2 is 0.670 bits per heavy atom.